The highest BCUT2D eigenvalue weighted by molar-refractivity contribution is 7.99. The van der Waals surface area contributed by atoms with Crippen molar-refractivity contribution < 1.29 is 8.42 Å². The Hall–Kier alpha value is -1.06. The Kier molecular flexibility index (Phi) is 4.47. The third-order valence-electron chi connectivity index (χ3n) is 4.59. The van der Waals surface area contributed by atoms with E-state index in [4.69, 9.17) is 4.98 Å². The Labute approximate surface area is 136 Å². The van der Waals surface area contributed by atoms with Gasteiger partial charge in [-0.1, -0.05) is 0 Å². The number of nitrogens with zero attached hydrogens (tertiary/aromatic N) is 2. The molecule has 118 valence electrons. The van der Waals surface area contributed by atoms with Gasteiger partial charge in [-0.25, -0.2) is 13.4 Å². The summed E-state index contributed by atoms with van der Waals surface area (Å²) in [6.45, 7) is 2.01. The topological polar surface area (TPSA) is 70.8 Å². The van der Waals surface area contributed by atoms with Crippen molar-refractivity contribution in [3.05, 3.63) is 22.4 Å². The third kappa shape index (κ3) is 3.16. The van der Waals surface area contributed by atoms with E-state index in [0.717, 1.165) is 54.1 Å². The lowest BCUT2D eigenvalue weighted by Gasteiger charge is -2.21. The minimum atomic E-state index is -2.87. The average Bonchev–Trinajstić information content (AvgIpc) is 2.93. The molecule has 1 aliphatic heterocycles. The van der Waals surface area contributed by atoms with Gasteiger partial charge in [0.15, 0.2) is 9.84 Å². The molecule has 3 rings (SSSR count). The lowest BCUT2D eigenvalue weighted by Crippen LogP contribution is -2.26. The number of hydrogen-bond donors (Lipinski definition) is 0. The van der Waals surface area contributed by atoms with Crippen molar-refractivity contribution in [3.63, 3.8) is 0 Å². The highest BCUT2D eigenvalue weighted by atomic mass is 32.2. The summed E-state index contributed by atoms with van der Waals surface area (Å²) in [6.07, 6.45) is 4.85. The van der Waals surface area contributed by atoms with Crippen molar-refractivity contribution in [2.45, 2.75) is 44.1 Å². The SMILES string of the molecule is Cc1c(C#N)c(SC[C@H]2CCCS(=O)(=O)C2)nc2c1CCC2. The van der Waals surface area contributed by atoms with Gasteiger partial charge >= 0.3 is 0 Å². The van der Waals surface area contributed by atoms with E-state index in [1.807, 2.05) is 6.92 Å². The number of hydrogen-bond acceptors (Lipinski definition) is 5. The van der Waals surface area contributed by atoms with Gasteiger partial charge < -0.3 is 0 Å². The van der Waals surface area contributed by atoms with Crippen LogP contribution in [0.4, 0.5) is 0 Å². The van der Waals surface area contributed by atoms with Crippen LogP contribution in [0.1, 0.15) is 41.6 Å². The average molecular weight is 336 g/mol. The summed E-state index contributed by atoms with van der Waals surface area (Å²) in [5, 5.41) is 10.2. The molecule has 0 saturated carbocycles. The first-order valence-electron chi connectivity index (χ1n) is 7.76. The van der Waals surface area contributed by atoms with E-state index in [1.165, 1.54) is 5.56 Å². The van der Waals surface area contributed by atoms with Crippen LogP contribution in [-0.2, 0) is 22.7 Å². The molecule has 1 aliphatic carbocycles. The Morgan fingerprint density at radius 3 is 2.91 bits per heavy atom. The van der Waals surface area contributed by atoms with Crippen molar-refractivity contribution in [2.75, 3.05) is 17.3 Å². The van der Waals surface area contributed by atoms with Gasteiger partial charge in [0.05, 0.1) is 17.1 Å². The molecule has 4 nitrogen and oxygen atoms in total. The molecule has 6 heteroatoms. The van der Waals surface area contributed by atoms with Gasteiger partial charge in [0.1, 0.15) is 11.1 Å². The number of pyridine rings is 1. The van der Waals surface area contributed by atoms with Gasteiger partial charge in [0.2, 0.25) is 0 Å². The number of nitriles is 1. The van der Waals surface area contributed by atoms with Gasteiger partial charge in [-0.2, -0.15) is 5.26 Å². The maximum absolute atomic E-state index is 11.7. The molecule has 2 heterocycles. The zero-order valence-corrected chi connectivity index (χ0v) is 14.4. The summed E-state index contributed by atoms with van der Waals surface area (Å²) in [7, 11) is -2.87. The molecular weight excluding hydrogens is 316 g/mol. The van der Waals surface area contributed by atoms with Crippen LogP contribution < -0.4 is 0 Å². The first-order chi connectivity index (χ1) is 10.5. The van der Waals surface area contributed by atoms with Crippen LogP contribution in [0, 0.1) is 24.2 Å². The molecule has 2 aliphatic rings. The van der Waals surface area contributed by atoms with Crippen molar-refractivity contribution in [1.29, 1.82) is 5.26 Å². The van der Waals surface area contributed by atoms with E-state index < -0.39 is 9.84 Å². The molecule has 1 saturated heterocycles. The van der Waals surface area contributed by atoms with Crippen LogP contribution in [0.2, 0.25) is 0 Å². The van der Waals surface area contributed by atoms with Crippen molar-refractivity contribution in [2.24, 2.45) is 5.92 Å². The fraction of sp³-hybridized carbons (Fsp3) is 0.625. The van der Waals surface area contributed by atoms with Gasteiger partial charge in [-0.15, -0.1) is 11.8 Å². The number of rotatable bonds is 3. The molecule has 0 aromatic carbocycles. The van der Waals surface area contributed by atoms with Crippen molar-refractivity contribution in [3.8, 4) is 6.07 Å². The van der Waals surface area contributed by atoms with Crippen molar-refractivity contribution in [1.82, 2.24) is 4.98 Å². The second-order valence-electron chi connectivity index (χ2n) is 6.24. The Balaban J connectivity index is 1.78. The van der Waals surface area contributed by atoms with Crippen LogP contribution in [0.25, 0.3) is 0 Å². The van der Waals surface area contributed by atoms with Crippen LogP contribution in [-0.4, -0.2) is 30.7 Å². The molecule has 0 unspecified atom stereocenters. The van der Waals surface area contributed by atoms with Crippen molar-refractivity contribution >= 4 is 21.6 Å². The highest BCUT2D eigenvalue weighted by Gasteiger charge is 2.26. The molecular formula is C16H20N2O2S2. The van der Waals surface area contributed by atoms with Gasteiger partial charge in [-0.3, -0.25) is 0 Å². The smallest absolute Gasteiger partial charge is 0.150 e. The number of sulfone groups is 1. The zero-order chi connectivity index (χ0) is 15.7. The number of aromatic nitrogens is 1. The largest absolute Gasteiger partial charge is 0.245 e. The molecule has 1 fully saturated rings. The lowest BCUT2D eigenvalue weighted by atomic mass is 10.0. The molecule has 0 spiro atoms. The molecule has 0 amide bonds. The first-order valence-corrected chi connectivity index (χ1v) is 10.6. The fourth-order valence-corrected chi connectivity index (χ4v) is 6.55. The van der Waals surface area contributed by atoms with Gasteiger partial charge in [0.25, 0.3) is 0 Å². The number of fused-ring (bicyclic) bond motifs is 1. The molecule has 0 N–H and O–H groups in total. The maximum atomic E-state index is 11.7. The fourth-order valence-electron chi connectivity index (χ4n) is 3.43. The molecule has 1 aromatic rings. The monoisotopic (exact) mass is 336 g/mol. The number of aryl methyl sites for hydroxylation is 1. The summed E-state index contributed by atoms with van der Waals surface area (Å²) in [5.41, 5.74) is 4.14. The Morgan fingerprint density at radius 1 is 1.36 bits per heavy atom. The molecule has 1 atom stereocenters. The second-order valence-corrected chi connectivity index (χ2v) is 9.48. The number of thioether (sulfide) groups is 1. The molecule has 0 bridgehead atoms. The quantitative estimate of drug-likeness (QED) is 0.794. The minimum Gasteiger partial charge on any atom is -0.245 e. The first kappa shape index (κ1) is 15.8. The summed E-state index contributed by atoms with van der Waals surface area (Å²) in [6, 6.07) is 2.30. The molecule has 1 aromatic heterocycles. The van der Waals surface area contributed by atoms with E-state index in [1.54, 1.807) is 11.8 Å². The van der Waals surface area contributed by atoms with Crippen LogP contribution in [0.5, 0.6) is 0 Å². The predicted octanol–water partition coefficient (Wildman–Crippen LogP) is 2.67. The predicted molar refractivity (Wildman–Crippen MR) is 87.8 cm³/mol. The van der Waals surface area contributed by atoms with E-state index in [9.17, 15) is 13.7 Å². The summed E-state index contributed by atoms with van der Waals surface area (Å²) < 4.78 is 23.5. The summed E-state index contributed by atoms with van der Waals surface area (Å²) in [5.74, 6) is 1.53. The molecule has 0 radical (unpaired) electrons. The lowest BCUT2D eigenvalue weighted by molar-refractivity contribution is 0.520. The minimum absolute atomic E-state index is 0.186. The zero-order valence-electron chi connectivity index (χ0n) is 12.8. The van der Waals surface area contributed by atoms with Gasteiger partial charge in [-0.05, 0) is 56.1 Å². The van der Waals surface area contributed by atoms with Gasteiger partial charge in [0, 0.05) is 11.4 Å². The highest BCUT2D eigenvalue weighted by Crippen LogP contribution is 2.33. The van der Waals surface area contributed by atoms with E-state index in [-0.39, 0.29) is 11.7 Å². The second kappa shape index (κ2) is 6.21. The Bertz CT molecular complexity index is 735. The summed E-state index contributed by atoms with van der Waals surface area (Å²) in [4.78, 5) is 4.70. The third-order valence-corrected chi connectivity index (χ3v) is 7.69. The molecule has 22 heavy (non-hydrogen) atoms. The van der Waals surface area contributed by atoms with E-state index in [2.05, 4.69) is 6.07 Å². The maximum Gasteiger partial charge on any atom is 0.150 e. The van der Waals surface area contributed by atoms with Crippen LogP contribution in [0.15, 0.2) is 5.03 Å². The van der Waals surface area contributed by atoms with Crippen LogP contribution >= 0.6 is 11.8 Å². The van der Waals surface area contributed by atoms with E-state index in [0.29, 0.717) is 11.3 Å². The standard InChI is InChI=1S/C16H20N2O2S2/c1-11-13-5-2-6-15(13)18-16(14(11)8-17)21-9-12-4-3-7-22(19,20)10-12/h12H,2-7,9-10H2,1H3/t12-/m1/s1. The van der Waals surface area contributed by atoms with E-state index >= 15 is 0 Å². The normalized spacial score (nSPS) is 23.0. The Morgan fingerprint density at radius 2 is 2.18 bits per heavy atom. The van der Waals surface area contributed by atoms with Crippen LogP contribution in [0.3, 0.4) is 0 Å². The summed E-state index contributed by atoms with van der Waals surface area (Å²) >= 11 is 1.56.